The zero-order valence-electron chi connectivity index (χ0n) is 13.3. The van der Waals surface area contributed by atoms with E-state index in [9.17, 15) is 0 Å². The van der Waals surface area contributed by atoms with E-state index in [2.05, 4.69) is 61.5 Å². The van der Waals surface area contributed by atoms with Crippen LogP contribution >= 0.6 is 11.3 Å². The van der Waals surface area contributed by atoms with Gasteiger partial charge < -0.3 is 9.64 Å². The first-order chi connectivity index (χ1) is 10.8. The van der Waals surface area contributed by atoms with Crippen LogP contribution in [0.15, 0.2) is 42.5 Å². The third kappa shape index (κ3) is 3.42. The topological polar surface area (TPSA) is 12.5 Å². The standard InChI is InChI=1S/C19H23NOS/c1-20(2)13-6-3-7-14-21-17-11-8-10-16-15-9-4-5-12-18(15)22-19(16)17/h4-5,8-12H,3,6-7,13-14H2,1-2H3. The Morgan fingerprint density at radius 2 is 1.73 bits per heavy atom. The number of rotatable bonds is 7. The molecule has 116 valence electrons. The van der Waals surface area contributed by atoms with Crippen LogP contribution in [0.2, 0.25) is 0 Å². The molecule has 3 rings (SSSR count). The van der Waals surface area contributed by atoms with Crippen molar-refractivity contribution in [1.82, 2.24) is 4.90 Å². The lowest BCUT2D eigenvalue weighted by atomic mass is 10.1. The minimum absolute atomic E-state index is 0.806. The number of hydrogen-bond donors (Lipinski definition) is 0. The molecule has 0 fully saturated rings. The molecule has 0 aliphatic rings. The average molecular weight is 313 g/mol. The molecular weight excluding hydrogens is 290 g/mol. The van der Waals surface area contributed by atoms with Gasteiger partial charge in [0.1, 0.15) is 5.75 Å². The van der Waals surface area contributed by atoms with Crippen LogP contribution in [0.25, 0.3) is 20.2 Å². The fourth-order valence-electron chi connectivity index (χ4n) is 2.72. The SMILES string of the molecule is CN(C)CCCCCOc1cccc2c1sc1ccccc12. The van der Waals surface area contributed by atoms with Crippen LogP contribution < -0.4 is 4.74 Å². The normalized spacial score (nSPS) is 11.6. The van der Waals surface area contributed by atoms with Crippen LogP contribution in [0.1, 0.15) is 19.3 Å². The van der Waals surface area contributed by atoms with E-state index >= 15 is 0 Å². The summed E-state index contributed by atoms with van der Waals surface area (Å²) in [4.78, 5) is 2.23. The molecule has 0 bridgehead atoms. The lowest BCUT2D eigenvalue weighted by molar-refractivity contribution is 0.302. The van der Waals surface area contributed by atoms with Crippen LogP contribution in [0, 0.1) is 0 Å². The molecule has 0 spiro atoms. The summed E-state index contributed by atoms with van der Waals surface area (Å²) in [6.07, 6.45) is 3.58. The number of unbranched alkanes of at least 4 members (excludes halogenated alkanes) is 2. The second kappa shape index (κ2) is 7.12. The highest BCUT2D eigenvalue weighted by Crippen LogP contribution is 2.38. The first-order valence-corrected chi connectivity index (χ1v) is 8.75. The van der Waals surface area contributed by atoms with Gasteiger partial charge in [0, 0.05) is 15.5 Å². The summed E-state index contributed by atoms with van der Waals surface area (Å²) >= 11 is 1.83. The summed E-state index contributed by atoms with van der Waals surface area (Å²) in [6, 6.07) is 15.0. The minimum Gasteiger partial charge on any atom is -0.492 e. The van der Waals surface area contributed by atoms with Gasteiger partial charge in [0.05, 0.1) is 11.3 Å². The summed E-state index contributed by atoms with van der Waals surface area (Å²) < 4.78 is 8.66. The van der Waals surface area contributed by atoms with E-state index in [1.165, 1.54) is 33.0 Å². The molecule has 0 N–H and O–H groups in total. The van der Waals surface area contributed by atoms with Crippen molar-refractivity contribution in [3.63, 3.8) is 0 Å². The summed E-state index contributed by atoms with van der Waals surface area (Å²) in [5, 5.41) is 2.64. The van der Waals surface area contributed by atoms with Gasteiger partial charge in [0.25, 0.3) is 0 Å². The Bertz CT molecular complexity index is 747. The maximum Gasteiger partial charge on any atom is 0.137 e. The van der Waals surface area contributed by atoms with Gasteiger partial charge in [-0.2, -0.15) is 0 Å². The first-order valence-electron chi connectivity index (χ1n) is 7.93. The fraction of sp³-hybridized carbons (Fsp3) is 0.368. The minimum atomic E-state index is 0.806. The molecule has 2 nitrogen and oxygen atoms in total. The van der Waals surface area contributed by atoms with Crippen LogP contribution in [-0.2, 0) is 0 Å². The smallest absolute Gasteiger partial charge is 0.137 e. The summed E-state index contributed by atoms with van der Waals surface area (Å²) in [5.41, 5.74) is 0. The van der Waals surface area contributed by atoms with Crippen LogP contribution in [0.5, 0.6) is 5.75 Å². The molecule has 0 saturated carbocycles. The predicted octanol–water partition coefficient (Wildman–Crippen LogP) is 5.17. The molecule has 22 heavy (non-hydrogen) atoms. The van der Waals surface area contributed by atoms with Crippen LogP contribution in [-0.4, -0.2) is 32.1 Å². The molecule has 0 aliphatic carbocycles. The van der Waals surface area contributed by atoms with Crippen molar-refractivity contribution in [1.29, 1.82) is 0 Å². The average Bonchev–Trinajstić information content (AvgIpc) is 2.90. The Balaban J connectivity index is 1.67. The Kier molecular flexibility index (Phi) is 4.96. The lowest BCUT2D eigenvalue weighted by Crippen LogP contribution is -2.13. The zero-order chi connectivity index (χ0) is 15.4. The second-order valence-corrected chi connectivity index (χ2v) is 7.00. The van der Waals surface area contributed by atoms with E-state index < -0.39 is 0 Å². The van der Waals surface area contributed by atoms with Crippen molar-refractivity contribution in [3.05, 3.63) is 42.5 Å². The Hall–Kier alpha value is -1.58. The van der Waals surface area contributed by atoms with E-state index in [1.54, 1.807) is 0 Å². The highest BCUT2D eigenvalue weighted by atomic mass is 32.1. The number of ether oxygens (including phenoxy) is 1. The molecular formula is C19H23NOS. The molecule has 0 unspecified atom stereocenters. The Labute approximate surface area is 136 Å². The van der Waals surface area contributed by atoms with Crippen molar-refractivity contribution < 1.29 is 4.74 Å². The van der Waals surface area contributed by atoms with Crippen molar-refractivity contribution in [2.24, 2.45) is 0 Å². The molecule has 0 saturated heterocycles. The Morgan fingerprint density at radius 1 is 0.909 bits per heavy atom. The largest absolute Gasteiger partial charge is 0.492 e. The Morgan fingerprint density at radius 3 is 2.59 bits per heavy atom. The molecule has 0 aliphatic heterocycles. The van der Waals surface area contributed by atoms with Crippen molar-refractivity contribution in [3.8, 4) is 5.75 Å². The monoisotopic (exact) mass is 313 g/mol. The van der Waals surface area contributed by atoms with Gasteiger partial charge in [0.15, 0.2) is 0 Å². The third-order valence-electron chi connectivity index (χ3n) is 3.88. The molecule has 3 heteroatoms. The van der Waals surface area contributed by atoms with Crippen molar-refractivity contribution in [2.45, 2.75) is 19.3 Å². The molecule has 0 radical (unpaired) electrons. The highest BCUT2D eigenvalue weighted by Gasteiger charge is 2.08. The molecule has 3 aromatic rings. The zero-order valence-corrected chi connectivity index (χ0v) is 14.2. The van der Waals surface area contributed by atoms with Crippen molar-refractivity contribution in [2.75, 3.05) is 27.2 Å². The van der Waals surface area contributed by atoms with E-state index in [4.69, 9.17) is 4.74 Å². The predicted molar refractivity (Wildman–Crippen MR) is 97.2 cm³/mol. The van der Waals surface area contributed by atoms with Gasteiger partial charge in [-0.15, -0.1) is 11.3 Å². The summed E-state index contributed by atoms with van der Waals surface area (Å²) in [5.74, 6) is 1.03. The van der Waals surface area contributed by atoms with Crippen LogP contribution in [0.3, 0.4) is 0 Å². The fourth-order valence-corrected chi connectivity index (χ4v) is 3.89. The number of hydrogen-bond acceptors (Lipinski definition) is 3. The number of benzene rings is 2. The molecule has 1 heterocycles. The quantitative estimate of drug-likeness (QED) is 0.558. The summed E-state index contributed by atoms with van der Waals surface area (Å²) in [7, 11) is 4.25. The molecule has 1 aromatic heterocycles. The van der Waals surface area contributed by atoms with E-state index in [0.717, 1.165) is 25.3 Å². The lowest BCUT2D eigenvalue weighted by Gasteiger charge is -2.10. The maximum absolute atomic E-state index is 6.05. The third-order valence-corrected chi connectivity index (χ3v) is 5.08. The van der Waals surface area contributed by atoms with Gasteiger partial charge >= 0.3 is 0 Å². The van der Waals surface area contributed by atoms with Crippen LogP contribution in [0.4, 0.5) is 0 Å². The molecule has 0 atom stereocenters. The maximum atomic E-state index is 6.05. The van der Waals surface area contributed by atoms with E-state index in [1.807, 2.05) is 11.3 Å². The van der Waals surface area contributed by atoms with E-state index in [-0.39, 0.29) is 0 Å². The number of nitrogens with zero attached hydrogens (tertiary/aromatic N) is 1. The second-order valence-electron chi connectivity index (χ2n) is 5.94. The van der Waals surface area contributed by atoms with Gasteiger partial charge in [-0.25, -0.2) is 0 Å². The van der Waals surface area contributed by atoms with Crippen molar-refractivity contribution >= 4 is 31.5 Å². The van der Waals surface area contributed by atoms with E-state index in [0.29, 0.717) is 0 Å². The first kappa shape index (κ1) is 15.3. The van der Waals surface area contributed by atoms with Gasteiger partial charge in [-0.1, -0.05) is 30.3 Å². The van der Waals surface area contributed by atoms with Gasteiger partial charge in [-0.05, 0) is 52.0 Å². The van der Waals surface area contributed by atoms with Gasteiger partial charge in [0.2, 0.25) is 0 Å². The number of thiophene rings is 1. The molecule has 0 amide bonds. The molecule has 2 aromatic carbocycles. The highest BCUT2D eigenvalue weighted by molar-refractivity contribution is 7.26. The summed E-state index contributed by atoms with van der Waals surface area (Å²) in [6.45, 7) is 1.96. The number of fused-ring (bicyclic) bond motifs is 3. The van der Waals surface area contributed by atoms with Gasteiger partial charge in [-0.3, -0.25) is 0 Å².